The van der Waals surface area contributed by atoms with E-state index in [-0.39, 0.29) is 10.7 Å². The quantitative estimate of drug-likeness (QED) is 0.414. The molecule has 4 rings (SSSR count). The lowest BCUT2D eigenvalue weighted by atomic mass is 10.0. The number of halogens is 1. The van der Waals surface area contributed by atoms with E-state index in [4.69, 9.17) is 16.0 Å². The van der Waals surface area contributed by atoms with E-state index in [0.717, 1.165) is 5.39 Å². The summed E-state index contributed by atoms with van der Waals surface area (Å²) in [7, 11) is -3.86. The predicted octanol–water partition coefficient (Wildman–Crippen LogP) is 5.86. The maximum Gasteiger partial charge on any atom is 0.261 e. The van der Waals surface area contributed by atoms with Crippen molar-refractivity contribution in [3.8, 4) is 0 Å². The number of Topliss-reactive ketones (excluding diaryl/α,β-unsaturated/α-hetero) is 1. The summed E-state index contributed by atoms with van der Waals surface area (Å²) in [5.41, 5.74) is 2.06. The lowest BCUT2D eigenvalue weighted by Gasteiger charge is -2.12. The normalized spacial score (nSPS) is 11.9. The van der Waals surface area contributed by atoms with E-state index in [0.29, 0.717) is 44.0 Å². The van der Waals surface area contributed by atoms with Crippen LogP contribution in [0.1, 0.15) is 28.6 Å². The minimum absolute atomic E-state index is 0.110. The molecule has 4 aromatic rings. The van der Waals surface area contributed by atoms with Gasteiger partial charge in [0, 0.05) is 21.2 Å². The van der Waals surface area contributed by atoms with Crippen molar-refractivity contribution in [3.05, 3.63) is 70.4 Å². The molecule has 0 saturated carbocycles. The highest BCUT2D eigenvalue weighted by Gasteiger charge is 2.22. The van der Waals surface area contributed by atoms with Crippen molar-refractivity contribution in [3.63, 3.8) is 0 Å². The zero-order valence-corrected chi connectivity index (χ0v) is 17.6. The van der Waals surface area contributed by atoms with Gasteiger partial charge in [-0.15, -0.1) is 0 Å². The second-order valence-corrected chi connectivity index (χ2v) is 9.04. The van der Waals surface area contributed by atoms with Gasteiger partial charge in [-0.25, -0.2) is 8.42 Å². The highest BCUT2D eigenvalue weighted by molar-refractivity contribution is 7.92. The second-order valence-electron chi connectivity index (χ2n) is 6.95. The number of furan rings is 1. The van der Waals surface area contributed by atoms with Gasteiger partial charge in [-0.2, -0.15) is 0 Å². The molecule has 0 bridgehead atoms. The molecule has 148 valence electrons. The molecule has 0 aliphatic rings. The third kappa shape index (κ3) is 3.28. The predicted molar refractivity (Wildman–Crippen MR) is 115 cm³/mol. The maximum absolute atomic E-state index is 13.0. The number of hydrogen-bond acceptors (Lipinski definition) is 4. The van der Waals surface area contributed by atoms with Gasteiger partial charge in [-0.05, 0) is 50.6 Å². The first-order chi connectivity index (χ1) is 13.7. The van der Waals surface area contributed by atoms with Crippen molar-refractivity contribution in [1.29, 1.82) is 0 Å². The molecule has 0 radical (unpaired) electrons. The fourth-order valence-corrected chi connectivity index (χ4v) is 4.82. The highest BCUT2D eigenvalue weighted by Crippen LogP contribution is 2.37. The average Bonchev–Trinajstić information content (AvgIpc) is 3.00. The first-order valence-electron chi connectivity index (χ1n) is 8.94. The standard InChI is InChI=1S/C22H18ClNO4S/c1-12-10-15(8-9-19(12)23)29(26,27)24-20-11-18-21(13(2)25)14(3)28-22(18)17-7-5-4-6-16(17)20/h4-11,24H,1-3H3. The molecule has 0 unspecified atom stereocenters. The van der Waals surface area contributed by atoms with Crippen LogP contribution in [-0.4, -0.2) is 14.2 Å². The molecule has 1 N–H and O–H groups in total. The van der Waals surface area contributed by atoms with Crippen LogP contribution < -0.4 is 4.72 Å². The number of carbonyl (C=O) groups is 1. The molecular formula is C22H18ClNO4S. The third-order valence-electron chi connectivity index (χ3n) is 4.91. The zero-order chi connectivity index (χ0) is 20.9. The van der Waals surface area contributed by atoms with Crippen molar-refractivity contribution in [2.24, 2.45) is 0 Å². The maximum atomic E-state index is 13.0. The molecule has 0 saturated heterocycles. The number of hydrogen-bond donors (Lipinski definition) is 1. The summed E-state index contributed by atoms with van der Waals surface area (Å²) in [6, 6.07) is 13.5. The summed E-state index contributed by atoms with van der Waals surface area (Å²) >= 11 is 6.03. The SMILES string of the molecule is CC(=O)c1c(C)oc2c1cc(NS(=O)(=O)c1ccc(Cl)c(C)c1)c1ccccc12. The molecule has 0 amide bonds. The molecule has 5 nitrogen and oxygen atoms in total. The molecule has 0 fully saturated rings. The average molecular weight is 428 g/mol. The Bertz CT molecular complexity index is 1400. The summed E-state index contributed by atoms with van der Waals surface area (Å²) in [6.07, 6.45) is 0. The Hall–Kier alpha value is -2.83. The number of nitrogens with one attached hydrogen (secondary N) is 1. The van der Waals surface area contributed by atoms with Gasteiger partial charge < -0.3 is 4.42 Å². The van der Waals surface area contributed by atoms with E-state index < -0.39 is 10.0 Å². The van der Waals surface area contributed by atoms with Crippen LogP contribution in [0.25, 0.3) is 21.7 Å². The van der Waals surface area contributed by atoms with Gasteiger partial charge in [-0.3, -0.25) is 9.52 Å². The number of rotatable bonds is 4. The van der Waals surface area contributed by atoms with E-state index in [9.17, 15) is 13.2 Å². The van der Waals surface area contributed by atoms with E-state index >= 15 is 0 Å². The Morgan fingerprint density at radius 3 is 2.34 bits per heavy atom. The first-order valence-corrected chi connectivity index (χ1v) is 10.8. The van der Waals surface area contributed by atoms with Gasteiger partial charge in [-0.1, -0.05) is 35.9 Å². The molecule has 0 aliphatic heterocycles. The zero-order valence-electron chi connectivity index (χ0n) is 16.0. The van der Waals surface area contributed by atoms with Crippen molar-refractivity contribution in [2.75, 3.05) is 4.72 Å². The molecule has 29 heavy (non-hydrogen) atoms. The van der Waals surface area contributed by atoms with Crippen molar-refractivity contribution in [2.45, 2.75) is 25.7 Å². The smallest absolute Gasteiger partial charge is 0.261 e. The van der Waals surface area contributed by atoms with Crippen LogP contribution in [0.4, 0.5) is 5.69 Å². The number of aryl methyl sites for hydroxylation is 2. The molecule has 0 aliphatic carbocycles. The van der Waals surface area contributed by atoms with E-state index in [2.05, 4.69) is 4.72 Å². The van der Waals surface area contributed by atoms with Gasteiger partial charge >= 0.3 is 0 Å². The van der Waals surface area contributed by atoms with Gasteiger partial charge in [0.15, 0.2) is 5.78 Å². The van der Waals surface area contributed by atoms with Crippen LogP contribution >= 0.6 is 11.6 Å². The van der Waals surface area contributed by atoms with Crippen molar-refractivity contribution >= 4 is 54.8 Å². The van der Waals surface area contributed by atoms with Gasteiger partial charge in [0.05, 0.1) is 16.1 Å². The van der Waals surface area contributed by atoms with E-state index in [1.807, 2.05) is 24.3 Å². The second kappa shape index (κ2) is 6.90. The first kappa shape index (κ1) is 19.5. The minimum Gasteiger partial charge on any atom is -0.460 e. The largest absolute Gasteiger partial charge is 0.460 e. The molecule has 1 aromatic heterocycles. The van der Waals surface area contributed by atoms with Gasteiger partial charge in [0.2, 0.25) is 0 Å². The Morgan fingerprint density at radius 1 is 1.00 bits per heavy atom. The van der Waals surface area contributed by atoms with Gasteiger partial charge in [0.1, 0.15) is 11.3 Å². The number of anilines is 1. The van der Waals surface area contributed by atoms with Crippen LogP contribution in [0.3, 0.4) is 0 Å². The third-order valence-corrected chi connectivity index (χ3v) is 6.70. The summed E-state index contributed by atoms with van der Waals surface area (Å²) in [4.78, 5) is 12.3. The molecule has 1 heterocycles. The van der Waals surface area contributed by atoms with Crippen LogP contribution in [0.2, 0.25) is 5.02 Å². The molecule has 3 aromatic carbocycles. The number of carbonyl (C=O) groups excluding carboxylic acids is 1. The summed E-state index contributed by atoms with van der Waals surface area (Å²) < 4.78 is 34.6. The Morgan fingerprint density at radius 2 is 1.69 bits per heavy atom. The summed E-state index contributed by atoms with van der Waals surface area (Å²) in [6.45, 7) is 4.94. The fraction of sp³-hybridized carbons (Fsp3) is 0.136. The van der Waals surface area contributed by atoms with Crippen molar-refractivity contribution in [1.82, 2.24) is 0 Å². The number of fused-ring (bicyclic) bond motifs is 3. The topological polar surface area (TPSA) is 76.4 Å². The number of benzene rings is 3. The van der Waals surface area contributed by atoms with E-state index in [1.165, 1.54) is 19.1 Å². The number of ketones is 1. The summed E-state index contributed by atoms with van der Waals surface area (Å²) in [5.74, 6) is 0.365. The Balaban J connectivity index is 1.96. The lowest BCUT2D eigenvalue weighted by molar-refractivity contribution is 0.101. The summed E-state index contributed by atoms with van der Waals surface area (Å²) in [5, 5.41) is 2.48. The van der Waals surface area contributed by atoms with Gasteiger partial charge in [0.25, 0.3) is 10.0 Å². The minimum atomic E-state index is -3.86. The van der Waals surface area contributed by atoms with Crippen LogP contribution in [0.5, 0.6) is 0 Å². The van der Waals surface area contributed by atoms with Crippen LogP contribution in [0.15, 0.2) is 57.8 Å². The molecule has 0 atom stereocenters. The molecule has 7 heteroatoms. The molecular weight excluding hydrogens is 410 g/mol. The lowest BCUT2D eigenvalue weighted by Crippen LogP contribution is -2.13. The Labute approximate surface area is 173 Å². The van der Waals surface area contributed by atoms with Crippen LogP contribution in [0, 0.1) is 13.8 Å². The highest BCUT2D eigenvalue weighted by atomic mass is 35.5. The van der Waals surface area contributed by atoms with E-state index in [1.54, 1.807) is 26.0 Å². The van der Waals surface area contributed by atoms with Crippen LogP contribution in [-0.2, 0) is 10.0 Å². The Kier molecular flexibility index (Phi) is 4.63. The number of sulfonamides is 1. The fourth-order valence-electron chi connectivity index (χ4n) is 3.55. The molecule has 0 spiro atoms. The monoisotopic (exact) mass is 427 g/mol. The van der Waals surface area contributed by atoms with Crippen molar-refractivity contribution < 1.29 is 17.6 Å².